The number of rotatable bonds is 2. The van der Waals surface area contributed by atoms with E-state index in [0.717, 1.165) is 11.3 Å². The highest BCUT2D eigenvalue weighted by Gasteiger charge is 2.14. The average Bonchev–Trinajstić information content (AvgIpc) is 2.28. The molecule has 4 heteroatoms. The second kappa shape index (κ2) is 4.49. The summed E-state index contributed by atoms with van der Waals surface area (Å²) in [5.41, 5.74) is 8.16. The van der Waals surface area contributed by atoms with Gasteiger partial charge in [0.1, 0.15) is 0 Å². The fourth-order valence-electron chi connectivity index (χ4n) is 2.10. The van der Waals surface area contributed by atoms with E-state index in [4.69, 9.17) is 5.73 Å². The van der Waals surface area contributed by atoms with Gasteiger partial charge in [-0.05, 0) is 31.5 Å². The van der Waals surface area contributed by atoms with Crippen molar-refractivity contribution in [2.75, 3.05) is 0 Å². The number of aromatic nitrogens is 1. The summed E-state index contributed by atoms with van der Waals surface area (Å²) in [7, 11) is 0. The van der Waals surface area contributed by atoms with Gasteiger partial charge >= 0.3 is 0 Å². The van der Waals surface area contributed by atoms with E-state index in [0.29, 0.717) is 16.7 Å². The Hall–Kier alpha value is -2.36. The van der Waals surface area contributed by atoms with Crippen LogP contribution in [0.2, 0.25) is 0 Å². The molecule has 0 unspecified atom stereocenters. The molecule has 0 radical (unpaired) electrons. The third-order valence-corrected chi connectivity index (χ3v) is 2.83. The molecule has 2 aromatic rings. The lowest BCUT2D eigenvalue weighted by Crippen LogP contribution is -2.17. The Morgan fingerprint density at radius 1 is 1.22 bits per heavy atom. The van der Waals surface area contributed by atoms with Gasteiger partial charge in [0.15, 0.2) is 0 Å². The predicted octanol–water partition coefficient (Wildman–Crippen LogP) is 1.76. The molecule has 1 aromatic heterocycles. The predicted molar refractivity (Wildman–Crippen MR) is 70.5 cm³/mol. The van der Waals surface area contributed by atoms with Gasteiger partial charge < -0.3 is 10.7 Å². The highest BCUT2D eigenvalue weighted by Crippen LogP contribution is 2.23. The molecule has 1 heterocycles. The number of nitrogens with two attached hydrogens (primary N) is 1. The minimum Gasteiger partial charge on any atom is -0.366 e. The van der Waals surface area contributed by atoms with Crippen LogP contribution >= 0.6 is 0 Å². The largest absolute Gasteiger partial charge is 0.366 e. The van der Waals surface area contributed by atoms with Crippen LogP contribution < -0.4 is 11.3 Å². The third-order valence-electron chi connectivity index (χ3n) is 2.83. The Balaban J connectivity index is 2.78. The number of primary amides is 1. The maximum Gasteiger partial charge on any atom is 0.256 e. The molecular weight excluding hydrogens is 228 g/mol. The molecular formula is C14H14N2O2. The molecule has 0 aliphatic rings. The first-order chi connectivity index (χ1) is 8.50. The third kappa shape index (κ3) is 2.05. The van der Waals surface area contributed by atoms with Gasteiger partial charge in [-0.2, -0.15) is 0 Å². The lowest BCUT2D eigenvalue weighted by atomic mass is 9.97. The molecule has 0 spiro atoms. The number of aromatic amines is 1. The monoisotopic (exact) mass is 242 g/mol. The number of nitrogens with one attached hydrogen (secondary N) is 1. The van der Waals surface area contributed by atoms with Crippen LogP contribution in [0.3, 0.4) is 0 Å². The molecule has 0 aliphatic carbocycles. The molecule has 3 N–H and O–H groups in total. The number of hydrogen-bond donors (Lipinski definition) is 2. The summed E-state index contributed by atoms with van der Waals surface area (Å²) < 4.78 is 0. The SMILES string of the molecule is Cc1cc(C)c(-c2ccccc2C(N)=O)c(=O)[nH]1. The van der Waals surface area contributed by atoms with Crippen molar-refractivity contribution in [1.29, 1.82) is 0 Å². The van der Waals surface area contributed by atoms with Crippen LogP contribution in [0.15, 0.2) is 35.1 Å². The fourth-order valence-corrected chi connectivity index (χ4v) is 2.10. The zero-order valence-electron chi connectivity index (χ0n) is 10.3. The van der Waals surface area contributed by atoms with Gasteiger partial charge in [-0.3, -0.25) is 9.59 Å². The minimum absolute atomic E-state index is 0.207. The van der Waals surface area contributed by atoms with Crippen LogP contribution in [0.5, 0.6) is 0 Å². The van der Waals surface area contributed by atoms with Crippen molar-refractivity contribution in [3.63, 3.8) is 0 Å². The van der Waals surface area contributed by atoms with E-state index in [2.05, 4.69) is 4.98 Å². The molecule has 0 atom stereocenters. The summed E-state index contributed by atoms with van der Waals surface area (Å²) in [5.74, 6) is -0.537. The van der Waals surface area contributed by atoms with Gasteiger partial charge in [-0.25, -0.2) is 0 Å². The molecule has 2 rings (SSSR count). The molecule has 92 valence electrons. The van der Waals surface area contributed by atoms with E-state index >= 15 is 0 Å². The Morgan fingerprint density at radius 3 is 2.50 bits per heavy atom. The maximum atomic E-state index is 12.0. The molecule has 18 heavy (non-hydrogen) atoms. The first kappa shape index (κ1) is 12.1. The first-order valence-corrected chi connectivity index (χ1v) is 5.60. The number of carbonyl (C=O) groups excluding carboxylic acids is 1. The maximum absolute atomic E-state index is 12.0. The number of hydrogen-bond acceptors (Lipinski definition) is 2. The molecule has 0 fully saturated rings. The molecule has 1 amide bonds. The van der Waals surface area contributed by atoms with Crippen molar-refractivity contribution < 1.29 is 4.79 Å². The van der Waals surface area contributed by atoms with E-state index < -0.39 is 5.91 Å². The Kier molecular flexibility index (Phi) is 3.02. The van der Waals surface area contributed by atoms with Crippen LogP contribution in [0.25, 0.3) is 11.1 Å². The van der Waals surface area contributed by atoms with Crippen molar-refractivity contribution in [3.05, 3.63) is 57.5 Å². The van der Waals surface area contributed by atoms with E-state index in [1.165, 1.54) is 0 Å². The molecule has 0 bridgehead atoms. The second-order valence-electron chi connectivity index (χ2n) is 4.25. The Labute approximate surface area is 104 Å². The highest BCUT2D eigenvalue weighted by molar-refractivity contribution is 6.00. The van der Waals surface area contributed by atoms with Gasteiger partial charge in [0.25, 0.3) is 5.56 Å². The van der Waals surface area contributed by atoms with E-state index in [-0.39, 0.29) is 5.56 Å². The zero-order chi connectivity index (χ0) is 13.3. The Bertz CT molecular complexity index is 672. The highest BCUT2D eigenvalue weighted by atomic mass is 16.1. The Morgan fingerprint density at radius 2 is 1.89 bits per heavy atom. The summed E-state index contributed by atoms with van der Waals surface area (Å²) in [6.07, 6.45) is 0. The fraction of sp³-hybridized carbons (Fsp3) is 0.143. The lowest BCUT2D eigenvalue weighted by Gasteiger charge is -2.09. The van der Waals surface area contributed by atoms with Crippen LogP contribution in [-0.2, 0) is 0 Å². The zero-order valence-corrected chi connectivity index (χ0v) is 10.3. The second-order valence-corrected chi connectivity index (χ2v) is 4.25. The van der Waals surface area contributed by atoms with Crippen molar-refractivity contribution in [1.82, 2.24) is 4.98 Å². The lowest BCUT2D eigenvalue weighted by molar-refractivity contribution is 0.100. The van der Waals surface area contributed by atoms with Gasteiger partial charge in [-0.1, -0.05) is 18.2 Å². The smallest absolute Gasteiger partial charge is 0.256 e. The summed E-state index contributed by atoms with van der Waals surface area (Å²) >= 11 is 0. The molecule has 1 aromatic carbocycles. The molecule has 4 nitrogen and oxygen atoms in total. The number of aryl methyl sites for hydroxylation is 2. The van der Waals surface area contributed by atoms with Crippen molar-refractivity contribution in [3.8, 4) is 11.1 Å². The number of amides is 1. The summed E-state index contributed by atoms with van der Waals surface area (Å²) in [4.78, 5) is 26.2. The summed E-state index contributed by atoms with van der Waals surface area (Å²) in [5, 5.41) is 0. The van der Waals surface area contributed by atoms with E-state index in [9.17, 15) is 9.59 Å². The van der Waals surface area contributed by atoms with Gasteiger partial charge in [0.05, 0.1) is 5.56 Å². The number of pyridine rings is 1. The van der Waals surface area contributed by atoms with E-state index in [1.807, 2.05) is 19.9 Å². The first-order valence-electron chi connectivity index (χ1n) is 5.60. The quantitative estimate of drug-likeness (QED) is 0.841. The molecule has 0 saturated heterocycles. The van der Waals surface area contributed by atoms with Gasteiger partial charge in [-0.15, -0.1) is 0 Å². The van der Waals surface area contributed by atoms with Crippen LogP contribution in [0.1, 0.15) is 21.6 Å². The molecule has 0 aliphatic heterocycles. The van der Waals surface area contributed by atoms with Gasteiger partial charge in [0.2, 0.25) is 5.91 Å². The van der Waals surface area contributed by atoms with Crippen molar-refractivity contribution in [2.24, 2.45) is 5.73 Å². The van der Waals surface area contributed by atoms with Crippen LogP contribution in [0.4, 0.5) is 0 Å². The van der Waals surface area contributed by atoms with Crippen molar-refractivity contribution >= 4 is 5.91 Å². The summed E-state index contributed by atoms with van der Waals surface area (Å²) in [6, 6.07) is 8.72. The number of benzene rings is 1. The number of carbonyl (C=O) groups is 1. The molecule has 0 saturated carbocycles. The minimum atomic E-state index is -0.537. The number of H-pyrrole nitrogens is 1. The van der Waals surface area contributed by atoms with Crippen LogP contribution in [-0.4, -0.2) is 10.9 Å². The normalized spacial score (nSPS) is 10.3. The topological polar surface area (TPSA) is 76.0 Å². The van der Waals surface area contributed by atoms with Crippen LogP contribution in [0, 0.1) is 13.8 Å². The standard InChI is InChI=1S/C14H14N2O2/c1-8-7-9(2)16-14(18)12(8)10-5-3-4-6-11(10)13(15)17/h3-7H,1-2H3,(H2,15,17)(H,16,18). The average molecular weight is 242 g/mol. The van der Waals surface area contributed by atoms with Gasteiger partial charge in [0, 0.05) is 16.8 Å². The summed E-state index contributed by atoms with van der Waals surface area (Å²) in [6.45, 7) is 3.66. The van der Waals surface area contributed by atoms with Crippen molar-refractivity contribution in [2.45, 2.75) is 13.8 Å². The van der Waals surface area contributed by atoms with E-state index in [1.54, 1.807) is 24.3 Å².